The van der Waals surface area contributed by atoms with Crippen LogP contribution in [-0.2, 0) is 6.54 Å². The molecule has 1 aliphatic rings. The van der Waals surface area contributed by atoms with Crippen LogP contribution >= 0.6 is 0 Å². The summed E-state index contributed by atoms with van der Waals surface area (Å²) < 4.78 is 0. The number of piperidine rings is 1. The summed E-state index contributed by atoms with van der Waals surface area (Å²) in [5, 5.41) is 0. The highest BCUT2D eigenvalue weighted by molar-refractivity contribution is 5.92. The lowest BCUT2D eigenvalue weighted by atomic mass is 10.0. The molecule has 1 aromatic carbocycles. The third kappa shape index (κ3) is 4.70. The number of carbonyl (C=O) groups excluding carboxylic acids is 1. The average Bonchev–Trinajstić information content (AvgIpc) is 2.71. The van der Waals surface area contributed by atoms with E-state index >= 15 is 0 Å². The zero-order valence-corrected chi connectivity index (χ0v) is 17.6. The summed E-state index contributed by atoms with van der Waals surface area (Å²) in [5.74, 6) is 0.675. The fraction of sp³-hybridized carbons (Fsp3) is 0.522. The summed E-state index contributed by atoms with van der Waals surface area (Å²) in [4.78, 5) is 26.9. The number of carbonyl (C=O) groups is 1. The van der Waals surface area contributed by atoms with Gasteiger partial charge in [0.05, 0.1) is 0 Å². The van der Waals surface area contributed by atoms with Crippen molar-refractivity contribution in [3.8, 4) is 0 Å². The Hall–Kier alpha value is -2.43. The Labute approximate surface area is 168 Å². The van der Waals surface area contributed by atoms with Crippen LogP contribution in [0.25, 0.3) is 0 Å². The van der Waals surface area contributed by atoms with Crippen LogP contribution in [0.5, 0.6) is 0 Å². The van der Waals surface area contributed by atoms with Crippen molar-refractivity contribution in [1.29, 1.82) is 0 Å². The van der Waals surface area contributed by atoms with Gasteiger partial charge in [-0.05, 0) is 58.1 Å². The van der Waals surface area contributed by atoms with Crippen molar-refractivity contribution in [2.24, 2.45) is 0 Å². The number of hydrogen-bond donors (Lipinski definition) is 0. The van der Waals surface area contributed by atoms with Gasteiger partial charge in [0.1, 0.15) is 5.69 Å². The third-order valence-electron chi connectivity index (χ3n) is 5.50. The summed E-state index contributed by atoms with van der Waals surface area (Å²) in [6, 6.07) is 12.5. The molecule has 5 nitrogen and oxygen atoms in total. The molecule has 0 saturated carbocycles. The zero-order chi connectivity index (χ0) is 20.1. The first kappa shape index (κ1) is 20.3. The Kier molecular flexibility index (Phi) is 6.65. The van der Waals surface area contributed by atoms with Crippen molar-refractivity contribution in [3.63, 3.8) is 0 Å². The molecule has 1 fully saturated rings. The summed E-state index contributed by atoms with van der Waals surface area (Å²) >= 11 is 0. The second kappa shape index (κ2) is 9.18. The lowest BCUT2D eigenvalue weighted by Crippen LogP contribution is -2.41. The second-order valence-corrected chi connectivity index (χ2v) is 7.96. The molecule has 0 spiro atoms. The number of rotatable bonds is 6. The van der Waals surface area contributed by atoms with Gasteiger partial charge in [0, 0.05) is 30.9 Å². The van der Waals surface area contributed by atoms with Gasteiger partial charge in [0.15, 0.2) is 0 Å². The highest BCUT2D eigenvalue weighted by Gasteiger charge is 2.26. The van der Waals surface area contributed by atoms with E-state index in [1.54, 1.807) is 0 Å². The molecule has 0 N–H and O–H groups in total. The predicted molar refractivity (Wildman–Crippen MR) is 113 cm³/mol. The SMILES string of the molecule is CCC1CCCCN1c1nc(C)cc(C(=O)N(Cc2ccccc2)C(C)C)n1. The minimum Gasteiger partial charge on any atom is -0.338 e. The molecule has 1 aliphatic heterocycles. The van der Waals surface area contributed by atoms with E-state index in [4.69, 9.17) is 4.98 Å². The standard InChI is InChI=1S/C23H32N4O/c1-5-20-13-9-10-14-26(20)23-24-18(4)15-21(25-23)22(28)27(17(2)3)16-19-11-7-6-8-12-19/h6-8,11-12,15,17,20H,5,9-10,13-14,16H2,1-4H3. The van der Waals surface area contributed by atoms with Crippen molar-refractivity contribution >= 4 is 11.9 Å². The fourth-order valence-electron chi connectivity index (χ4n) is 3.90. The summed E-state index contributed by atoms with van der Waals surface area (Å²) in [7, 11) is 0. The maximum Gasteiger partial charge on any atom is 0.273 e. The van der Waals surface area contributed by atoms with Gasteiger partial charge >= 0.3 is 0 Å². The number of nitrogens with zero attached hydrogens (tertiary/aromatic N) is 4. The van der Waals surface area contributed by atoms with Gasteiger partial charge in [-0.25, -0.2) is 9.97 Å². The largest absolute Gasteiger partial charge is 0.338 e. The van der Waals surface area contributed by atoms with E-state index in [1.807, 2.05) is 49.9 Å². The van der Waals surface area contributed by atoms with Crippen LogP contribution in [-0.4, -0.2) is 39.4 Å². The van der Waals surface area contributed by atoms with E-state index in [0.717, 1.165) is 30.6 Å². The molecule has 2 aromatic rings. The van der Waals surface area contributed by atoms with Crippen molar-refractivity contribution in [1.82, 2.24) is 14.9 Å². The Morgan fingerprint density at radius 2 is 1.96 bits per heavy atom. The minimum atomic E-state index is -0.0318. The molecule has 5 heteroatoms. The van der Waals surface area contributed by atoms with Crippen LogP contribution in [0.15, 0.2) is 36.4 Å². The number of aryl methyl sites for hydroxylation is 1. The van der Waals surface area contributed by atoms with Gasteiger partial charge in [-0.2, -0.15) is 0 Å². The highest BCUT2D eigenvalue weighted by atomic mass is 16.2. The molecule has 2 heterocycles. The van der Waals surface area contributed by atoms with E-state index < -0.39 is 0 Å². The Morgan fingerprint density at radius 3 is 2.64 bits per heavy atom. The maximum atomic E-state index is 13.3. The van der Waals surface area contributed by atoms with Gasteiger partial charge in [-0.1, -0.05) is 37.3 Å². The average molecular weight is 381 g/mol. The number of hydrogen-bond acceptors (Lipinski definition) is 4. The Bertz CT molecular complexity index is 790. The zero-order valence-electron chi connectivity index (χ0n) is 17.6. The second-order valence-electron chi connectivity index (χ2n) is 7.96. The molecular weight excluding hydrogens is 348 g/mol. The molecule has 1 amide bonds. The van der Waals surface area contributed by atoms with Gasteiger partial charge in [-0.3, -0.25) is 4.79 Å². The lowest BCUT2D eigenvalue weighted by molar-refractivity contribution is 0.0684. The molecule has 3 rings (SSSR count). The van der Waals surface area contributed by atoms with Gasteiger partial charge in [-0.15, -0.1) is 0 Å². The Balaban J connectivity index is 1.88. The fourth-order valence-corrected chi connectivity index (χ4v) is 3.90. The van der Waals surface area contributed by atoms with Crippen LogP contribution in [0, 0.1) is 6.92 Å². The van der Waals surface area contributed by atoms with E-state index in [-0.39, 0.29) is 11.9 Å². The monoisotopic (exact) mass is 380 g/mol. The van der Waals surface area contributed by atoms with Gasteiger partial charge < -0.3 is 9.80 Å². The van der Waals surface area contributed by atoms with Crippen LogP contribution in [0.4, 0.5) is 5.95 Å². The molecule has 1 aromatic heterocycles. The summed E-state index contributed by atoms with van der Waals surface area (Å²) in [5.41, 5.74) is 2.46. The van der Waals surface area contributed by atoms with Crippen LogP contribution < -0.4 is 4.90 Å². The normalized spacial score (nSPS) is 17.0. The number of amides is 1. The van der Waals surface area contributed by atoms with Crippen molar-refractivity contribution in [2.75, 3.05) is 11.4 Å². The third-order valence-corrected chi connectivity index (χ3v) is 5.50. The topological polar surface area (TPSA) is 49.3 Å². The van der Waals surface area contributed by atoms with Crippen molar-refractivity contribution in [3.05, 3.63) is 53.3 Å². The molecule has 1 saturated heterocycles. The summed E-state index contributed by atoms with van der Waals surface area (Å²) in [6.45, 7) is 9.81. The summed E-state index contributed by atoms with van der Waals surface area (Å²) in [6.07, 6.45) is 4.66. The molecule has 0 aliphatic carbocycles. The van der Waals surface area contributed by atoms with Gasteiger partial charge in [0.2, 0.25) is 5.95 Å². The molecular formula is C23H32N4O. The first-order valence-corrected chi connectivity index (χ1v) is 10.5. The first-order chi connectivity index (χ1) is 13.5. The lowest BCUT2D eigenvalue weighted by Gasteiger charge is -2.35. The maximum absolute atomic E-state index is 13.3. The van der Waals surface area contributed by atoms with Gasteiger partial charge in [0.25, 0.3) is 5.91 Å². The quantitative estimate of drug-likeness (QED) is 0.735. The number of benzene rings is 1. The molecule has 28 heavy (non-hydrogen) atoms. The number of aromatic nitrogens is 2. The molecule has 150 valence electrons. The van der Waals surface area contributed by atoms with Crippen LogP contribution in [0.3, 0.4) is 0 Å². The Morgan fingerprint density at radius 1 is 1.21 bits per heavy atom. The van der Waals surface area contributed by atoms with Crippen molar-refractivity contribution in [2.45, 2.75) is 72.0 Å². The smallest absolute Gasteiger partial charge is 0.273 e. The molecule has 1 atom stereocenters. The van der Waals surface area contributed by atoms with Crippen LogP contribution in [0.1, 0.15) is 68.2 Å². The van der Waals surface area contributed by atoms with E-state index in [1.165, 1.54) is 12.8 Å². The molecule has 0 radical (unpaired) electrons. The molecule has 1 unspecified atom stereocenters. The molecule has 0 bridgehead atoms. The minimum absolute atomic E-state index is 0.0318. The predicted octanol–water partition coefficient (Wildman–Crippen LogP) is 4.60. The number of anilines is 1. The highest BCUT2D eigenvalue weighted by Crippen LogP contribution is 2.25. The van der Waals surface area contributed by atoms with Crippen LogP contribution in [0.2, 0.25) is 0 Å². The van der Waals surface area contributed by atoms with E-state index in [9.17, 15) is 4.79 Å². The first-order valence-electron chi connectivity index (χ1n) is 10.5. The van der Waals surface area contributed by atoms with E-state index in [2.05, 4.69) is 28.9 Å². The van der Waals surface area contributed by atoms with Crippen molar-refractivity contribution < 1.29 is 4.79 Å². The van der Waals surface area contributed by atoms with E-state index in [0.29, 0.717) is 24.2 Å².